The summed E-state index contributed by atoms with van der Waals surface area (Å²) in [6.07, 6.45) is 0.862. The van der Waals surface area contributed by atoms with Gasteiger partial charge in [0.25, 0.3) is 5.91 Å². The average molecular weight is 492 g/mol. The van der Waals surface area contributed by atoms with Gasteiger partial charge < -0.3 is 4.74 Å². The Hall–Kier alpha value is -4.03. The van der Waals surface area contributed by atoms with Crippen LogP contribution in [0.25, 0.3) is 32.7 Å². The minimum absolute atomic E-state index is 0.273. The van der Waals surface area contributed by atoms with Gasteiger partial charge in [-0.25, -0.2) is 4.79 Å². The van der Waals surface area contributed by atoms with E-state index in [1.54, 1.807) is 11.5 Å². The molecule has 1 atom stereocenters. The largest absolute Gasteiger partial charge is 0.449 e. The van der Waals surface area contributed by atoms with Gasteiger partial charge in [-0.05, 0) is 38.1 Å². The second-order valence-corrected chi connectivity index (χ2v) is 9.71. The number of para-hydroxylation sites is 3. The van der Waals surface area contributed by atoms with Crippen LogP contribution in [-0.2, 0) is 17.7 Å². The lowest BCUT2D eigenvalue weighted by atomic mass is 9.95. The minimum atomic E-state index is -0.968. The summed E-state index contributed by atoms with van der Waals surface area (Å²) in [7, 11) is 0. The summed E-state index contributed by atoms with van der Waals surface area (Å²) in [4.78, 5) is 34.8. The molecule has 5 aromatic rings. The van der Waals surface area contributed by atoms with Gasteiger partial charge in [-0.15, -0.1) is 0 Å². The first-order valence-corrected chi connectivity index (χ1v) is 12.9. The van der Waals surface area contributed by atoms with E-state index in [1.165, 1.54) is 0 Å². The van der Waals surface area contributed by atoms with Crippen LogP contribution in [0.4, 0.5) is 0 Å². The number of esters is 1. The molecule has 37 heavy (non-hydrogen) atoms. The Labute approximate surface area is 215 Å². The van der Waals surface area contributed by atoms with Crippen molar-refractivity contribution in [3.63, 3.8) is 0 Å². The van der Waals surface area contributed by atoms with Crippen LogP contribution in [0.2, 0.25) is 0 Å². The first kappa shape index (κ1) is 23.4. The number of rotatable bonds is 5. The van der Waals surface area contributed by atoms with Crippen LogP contribution in [0.15, 0.2) is 72.8 Å². The first-order chi connectivity index (χ1) is 18.1. The van der Waals surface area contributed by atoms with E-state index in [9.17, 15) is 9.59 Å². The fraction of sp³-hybridized carbons (Fsp3) is 0.258. The number of pyridine rings is 1. The molecule has 1 aliphatic heterocycles. The second kappa shape index (κ2) is 9.45. The smallest absolute Gasteiger partial charge is 0.339 e. The highest BCUT2D eigenvalue weighted by atomic mass is 16.5. The molecule has 0 fully saturated rings. The molecule has 0 saturated carbocycles. The monoisotopic (exact) mass is 491 g/mol. The number of ether oxygens (including phenoxy) is 1. The highest BCUT2D eigenvalue weighted by Gasteiger charge is 2.29. The summed E-state index contributed by atoms with van der Waals surface area (Å²) in [6.45, 7) is 6.35. The fourth-order valence-electron chi connectivity index (χ4n) is 5.60. The van der Waals surface area contributed by atoms with Crippen molar-refractivity contribution in [2.75, 3.05) is 13.1 Å². The van der Waals surface area contributed by atoms with Crippen molar-refractivity contribution in [3.8, 4) is 0 Å². The SMILES string of the molecule is CCCN1CCc2nc3ccccc3c(C(=O)OC(C)C(=O)n3c4ccccc4c4ccccc43)c2C1. The predicted molar refractivity (Wildman–Crippen MR) is 146 cm³/mol. The van der Waals surface area contributed by atoms with Crippen molar-refractivity contribution in [2.45, 2.75) is 39.3 Å². The molecule has 6 heteroatoms. The van der Waals surface area contributed by atoms with E-state index in [0.29, 0.717) is 12.1 Å². The van der Waals surface area contributed by atoms with Crippen LogP contribution in [0, 0.1) is 0 Å². The summed E-state index contributed by atoms with van der Waals surface area (Å²) in [5, 5.41) is 2.76. The Balaban J connectivity index is 1.39. The molecule has 186 valence electrons. The maximum Gasteiger partial charge on any atom is 0.339 e. The lowest BCUT2D eigenvalue weighted by Crippen LogP contribution is -2.34. The van der Waals surface area contributed by atoms with Crippen LogP contribution in [0.1, 0.15) is 46.7 Å². The number of hydrogen-bond acceptors (Lipinski definition) is 5. The van der Waals surface area contributed by atoms with Crippen LogP contribution < -0.4 is 0 Å². The molecule has 3 aromatic carbocycles. The number of aromatic nitrogens is 2. The normalized spacial score (nSPS) is 14.6. The van der Waals surface area contributed by atoms with Gasteiger partial charge >= 0.3 is 5.97 Å². The maximum absolute atomic E-state index is 13.8. The number of nitrogens with zero attached hydrogens (tertiary/aromatic N) is 3. The van der Waals surface area contributed by atoms with E-state index in [4.69, 9.17) is 9.72 Å². The summed E-state index contributed by atoms with van der Waals surface area (Å²) in [6, 6.07) is 23.3. The number of hydrogen-bond donors (Lipinski definition) is 0. The van der Waals surface area contributed by atoms with Crippen LogP contribution in [0.5, 0.6) is 0 Å². The van der Waals surface area contributed by atoms with Gasteiger partial charge in [-0.1, -0.05) is 61.5 Å². The second-order valence-electron chi connectivity index (χ2n) is 9.71. The molecule has 3 heterocycles. The zero-order valence-electron chi connectivity index (χ0n) is 21.1. The van der Waals surface area contributed by atoms with E-state index in [0.717, 1.165) is 69.9 Å². The number of carbonyl (C=O) groups is 2. The van der Waals surface area contributed by atoms with Crippen molar-refractivity contribution >= 4 is 44.6 Å². The molecule has 0 N–H and O–H groups in total. The van der Waals surface area contributed by atoms with E-state index in [1.807, 2.05) is 72.8 Å². The van der Waals surface area contributed by atoms with Gasteiger partial charge in [0.1, 0.15) is 0 Å². The van der Waals surface area contributed by atoms with Crippen molar-refractivity contribution in [1.82, 2.24) is 14.5 Å². The zero-order valence-corrected chi connectivity index (χ0v) is 21.1. The van der Waals surface area contributed by atoms with Crippen LogP contribution in [0.3, 0.4) is 0 Å². The van der Waals surface area contributed by atoms with E-state index >= 15 is 0 Å². The summed E-state index contributed by atoms with van der Waals surface area (Å²) in [5.74, 6) is -0.750. The molecular formula is C31H29N3O3. The topological polar surface area (TPSA) is 64.4 Å². The lowest BCUT2D eigenvalue weighted by Gasteiger charge is -2.29. The molecule has 1 aliphatic rings. The average Bonchev–Trinajstić information content (AvgIpc) is 3.26. The quantitative estimate of drug-likeness (QED) is 0.282. The summed E-state index contributed by atoms with van der Waals surface area (Å²) < 4.78 is 7.61. The predicted octanol–water partition coefficient (Wildman–Crippen LogP) is 6.00. The Morgan fingerprint density at radius 3 is 2.22 bits per heavy atom. The fourth-order valence-corrected chi connectivity index (χ4v) is 5.60. The van der Waals surface area contributed by atoms with Gasteiger partial charge in [-0.3, -0.25) is 19.2 Å². The maximum atomic E-state index is 13.8. The molecule has 0 saturated heterocycles. The van der Waals surface area contributed by atoms with E-state index < -0.39 is 12.1 Å². The zero-order chi connectivity index (χ0) is 25.5. The highest BCUT2D eigenvalue weighted by Crippen LogP contribution is 2.31. The highest BCUT2D eigenvalue weighted by molar-refractivity contribution is 6.14. The van der Waals surface area contributed by atoms with Crippen molar-refractivity contribution in [1.29, 1.82) is 0 Å². The molecule has 0 radical (unpaired) electrons. The molecule has 0 aliphatic carbocycles. The molecule has 0 spiro atoms. The third-order valence-corrected chi connectivity index (χ3v) is 7.30. The van der Waals surface area contributed by atoms with Gasteiger partial charge in [0.15, 0.2) is 6.10 Å². The van der Waals surface area contributed by atoms with Gasteiger partial charge in [0.2, 0.25) is 0 Å². The van der Waals surface area contributed by atoms with Gasteiger partial charge in [-0.2, -0.15) is 0 Å². The Morgan fingerprint density at radius 1 is 0.919 bits per heavy atom. The molecule has 2 aromatic heterocycles. The molecule has 6 nitrogen and oxygen atoms in total. The third-order valence-electron chi connectivity index (χ3n) is 7.30. The third kappa shape index (κ3) is 3.98. The first-order valence-electron chi connectivity index (χ1n) is 12.9. The summed E-state index contributed by atoms with van der Waals surface area (Å²) >= 11 is 0. The van der Waals surface area contributed by atoms with Crippen LogP contribution in [-0.4, -0.2) is 45.5 Å². The number of carbonyl (C=O) groups excluding carboxylic acids is 2. The summed E-state index contributed by atoms with van der Waals surface area (Å²) in [5.41, 5.74) is 4.78. The Bertz CT molecular complexity index is 1620. The number of benzene rings is 3. The van der Waals surface area contributed by atoms with Gasteiger partial charge in [0, 0.05) is 46.9 Å². The Kier molecular flexibility index (Phi) is 5.97. The van der Waals surface area contributed by atoms with E-state index in [2.05, 4.69) is 11.8 Å². The Morgan fingerprint density at radius 2 is 1.54 bits per heavy atom. The van der Waals surface area contributed by atoms with Gasteiger partial charge in [0.05, 0.1) is 22.1 Å². The molecule has 6 rings (SSSR count). The van der Waals surface area contributed by atoms with Crippen LogP contribution >= 0.6 is 0 Å². The molecular weight excluding hydrogens is 462 g/mol. The van der Waals surface area contributed by atoms with Crippen molar-refractivity contribution < 1.29 is 14.3 Å². The van der Waals surface area contributed by atoms with E-state index in [-0.39, 0.29) is 5.91 Å². The van der Waals surface area contributed by atoms with Crippen molar-refractivity contribution in [3.05, 3.63) is 89.6 Å². The molecule has 0 amide bonds. The standard InChI is InChI=1S/C31H29N3O3/c1-3-17-33-18-16-26-24(19-33)29(23-12-4-7-13-25(23)32-26)31(36)37-20(2)30(35)34-27-14-8-5-10-21(27)22-11-6-9-15-28(22)34/h4-15,20H,3,16-19H2,1-2H3. The molecule has 0 bridgehead atoms. The van der Waals surface area contributed by atoms with Crippen molar-refractivity contribution in [2.24, 2.45) is 0 Å². The number of fused-ring (bicyclic) bond motifs is 5. The minimum Gasteiger partial charge on any atom is -0.449 e. The lowest BCUT2D eigenvalue weighted by molar-refractivity contribution is 0.0287. The molecule has 1 unspecified atom stereocenters.